The van der Waals surface area contributed by atoms with E-state index in [0.717, 1.165) is 12.3 Å². The maximum atomic E-state index is 10.4. The number of carbonyl (C=O) groups is 1. The van der Waals surface area contributed by atoms with Gasteiger partial charge in [0.1, 0.15) is 0 Å². The van der Waals surface area contributed by atoms with Crippen LogP contribution in [0.3, 0.4) is 0 Å². The lowest BCUT2D eigenvalue weighted by atomic mass is 10.1. The second kappa shape index (κ2) is 13.0. The molecule has 2 unspecified atom stereocenters. The number of carboxylic acids is 1. The van der Waals surface area contributed by atoms with Crippen LogP contribution in [0.2, 0.25) is 0 Å². The molecule has 2 N–H and O–H groups in total. The number of allylic oxidation sites excluding steroid dienone is 4. The zero-order chi connectivity index (χ0) is 17.6. The van der Waals surface area contributed by atoms with Gasteiger partial charge in [-0.3, -0.25) is 4.79 Å². The van der Waals surface area contributed by atoms with Crippen LogP contribution in [0.1, 0.15) is 71.1 Å². The molecule has 0 aromatic heterocycles. The van der Waals surface area contributed by atoms with Crippen molar-refractivity contribution < 1.29 is 15.0 Å². The summed E-state index contributed by atoms with van der Waals surface area (Å²) in [6, 6.07) is 0. The molecule has 1 rings (SSSR count). The first kappa shape index (κ1) is 20.7. The van der Waals surface area contributed by atoms with Crippen molar-refractivity contribution >= 4 is 5.97 Å². The van der Waals surface area contributed by atoms with Gasteiger partial charge in [-0.2, -0.15) is 0 Å². The van der Waals surface area contributed by atoms with Gasteiger partial charge in [-0.15, -0.1) is 0 Å². The quantitative estimate of drug-likeness (QED) is 0.336. The minimum Gasteiger partial charge on any atom is -0.481 e. The molecule has 0 radical (unpaired) electrons. The largest absolute Gasteiger partial charge is 0.481 e. The number of carboxylic acid groups (broad SMARTS) is 1. The van der Waals surface area contributed by atoms with Crippen molar-refractivity contribution in [2.45, 2.75) is 77.2 Å². The summed E-state index contributed by atoms with van der Waals surface area (Å²) in [6.07, 6.45) is 22.0. The number of aliphatic hydroxyl groups is 1. The highest BCUT2D eigenvalue weighted by molar-refractivity contribution is 5.66. The Labute approximate surface area is 147 Å². The highest BCUT2D eigenvalue weighted by Crippen LogP contribution is 2.42. The van der Waals surface area contributed by atoms with Crippen molar-refractivity contribution in [1.82, 2.24) is 0 Å². The Kier molecular flexibility index (Phi) is 11.2. The number of hydrogen-bond donors (Lipinski definition) is 2. The van der Waals surface area contributed by atoms with Crippen molar-refractivity contribution in [3.8, 4) is 0 Å². The lowest BCUT2D eigenvalue weighted by Gasteiger charge is -2.00. The molecule has 1 saturated carbocycles. The van der Waals surface area contributed by atoms with Gasteiger partial charge in [0.15, 0.2) is 0 Å². The predicted molar refractivity (Wildman–Crippen MR) is 99.9 cm³/mol. The molecule has 136 valence electrons. The van der Waals surface area contributed by atoms with Gasteiger partial charge in [-0.1, -0.05) is 56.2 Å². The molecule has 0 saturated heterocycles. The van der Waals surface area contributed by atoms with Crippen molar-refractivity contribution in [1.29, 1.82) is 0 Å². The Morgan fingerprint density at radius 1 is 1.12 bits per heavy atom. The smallest absolute Gasteiger partial charge is 0.303 e. The monoisotopic (exact) mass is 334 g/mol. The van der Waals surface area contributed by atoms with E-state index >= 15 is 0 Å². The van der Waals surface area contributed by atoms with Gasteiger partial charge in [0, 0.05) is 6.42 Å². The molecule has 1 fully saturated rings. The maximum Gasteiger partial charge on any atom is 0.303 e. The SMILES string of the molecule is CCCCC/C=C\CC1CC1/C=C/[C@H](O)C/C=C\CCCC(=O)O. The second-order valence-corrected chi connectivity index (χ2v) is 6.81. The molecule has 24 heavy (non-hydrogen) atoms. The van der Waals surface area contributed by atoms with Crippen LogP contribution in [0, 0.1) is 11.8 Å². The third-order valence-electron chi connectivity index (χ3n) is 4.44. The molecule has 0 amide bonds. The highest BCUT2D eigenvalue weighted by Gasteiger charge is 2.33. The van der Waals surface area contributed by atoms with Crippen LogP contribution in [-0.4, -0.2) is 22.3 Å². The summed E-state index contributed by atoms with van der Waals surface area (Å²) >= 11 is 0. The summed E-state index contributed by atoms with van der Waals surface area (Å²) in [5.74, 6) is 0.656. The van der Waals surface area contributed by atoms with E-state index in [9.17, 15) is 9.90 Å². The van der Waals surface area contributed by atoms with Gasteiger partial charge in [-0.25, -0.2) is 0 Å². The first-order valence-electron chi connectivity index (χ1n) is 9.51. The molecule has 3 heteroatoms. The molecular formula is C21H34O3. The summed E-state index contributed by atoms with van der Waals surface area (Å²) in [5.41, 5.74) is 0. The molecule has 3 atom stereocenters. The van der Waals surface area contributed by atoms with Crippen LogP contribution >= 0.6 is 0 Å². The Morgan fingerprint density at radius 3 is 2.62 bits per heavy atom. The van der Waals surface area contributed by atoms with E-state index in [-0.39, 0.29) is 6.42 Å². The van der Waals surface area contributed by atoms with Crippen molar-refractivity contribution in [2.24, 2.45) is 11.8 Å². The molecule has 1 aliphatic carbocycles. The minimum atomic E-state index is -0.749. The van der Waals surface area contributed by atoms with Crippen LogP contribution in [0.5, 0.6) is 0 Å². The number of unbranched alkanes of at least 4 members (excludes halogenated alkanes) is 4. The molecule has 1 aliphatic rings. The Hall–Kier alpha value is -1.35. The molecule has 0 heterocycles. The summed E-state index contributed by atoms with van der Waals surface area (Å²) in [7, 11) is 0. The zero-order valence-electron chi connectivity index (χ0n) is 15.1. The van der Waals surface area contributed by atoms with E-state index in [2.05, 4.69) is 25.2 Å². The fourth-order valence-electron chi connectivity index (χ4n) is 2.75. The molecular weight excluding hydrogens is 300 g/mol. The Morgan fingerprint density at radius 2 is 1.88 bits per heavy atom. The number of hydrogen-bond acceptors (Lipinski definition) is 2. The Balaban J connectivity index is 2.04. The molecule has 0 aliphatic heterocycles. The molecule has 3 nitrogen and oxygen atoms in total. The zero-order valence-corrected chi connectivity index (χ0v) is 15.1. The first-order valence-corrected chi connectivity index (χ1v) is 9.51. The van der Waals surface area contributed by atoms with E-state index in [4.69, 9.17) is 5.11 Å². The number of aliphatic hydroxyl groups excluding tert-OH is 1. The molecule has 0 aromatic carbocycles. The average Bonchev–Trinajstić information content (AvgIpc) is 3.30. The topological polar surface area (TPSA) is 57.5 Å². The first-order chi connectivity index (χ1) is 11.6. The average molecular weight is 335 g/mol. The summed E-state index contributed by atoms with van der Waals surface area (Å²) in [6.45, 7) is 2.23. The molecule has 0 bridgehead atoms. The van der Waals surface area contributed by atoms with E-state index < -0.39 is 12.1 Å². The number of rotatable bonds is 14. The van der Waals surface area contributed by atoms with Gasteiger partial charge in [0.2, 0.25) is 0 Å². The molecule has 0 aromatic rings. The van der Waals surface area contributed by atoms with Crippen LogP contribution in [-0.2, 0) is 4.79 Å². The Bertz CT molecular complexity index is 423. The van der Waals surface area contributed by atoms with Crippen molar-refractivity contribution in [2.75, 3.05) is 0 Å². The summed E-state index contributed by atoms with van der Waals surface area (Å²) in [5, 5.41) is 18.4. The summed E-state index contributed by atoms with van der Waals surface area (Å²) in [4.78, 5) is 10.4. The van der Waals surface area contributed by atoms with Crippen LogP contribution < -0.4 is 0 Å². The van der Waals surface area contributed by atoms with Gasteiger partial charge in [0.05, 0.1) is 6.10 Å². The second-order valence-electron chi connectivity index (χ2n) is 6.81. The van der Waals surface area contributed by atoms with Gasteiger partial charge >= 0.3 is 5.97 Å². The fourth-order valence-corrected chi connectivity index (χ4v) is 2.75. The van der Waals surface area contributed by atoms with Gasteiger partial charge in [-0.05, 0) is 56.8 Å². The van der Waals surface area contributed by atoms with E-state index in [0.29, 0.717) is 18.8 Å². The lowest BCUT2D eigenvalue weighted by molar-refractivity contribution is -0.137. The van der Waals surface area contributed by atoms with Crippen LogP contribution in [0.25, 0.3) is 0 Å². The van der Waals surface area contributed by atoms with Crippen LogP contribution in [0.4, 0.5) is 0 Å². The van der Waals surface area contributed by atoms with E-state index in [1.54, 1.807) is 0 Å². The number of aliphatic carboxylic acids is 1. The van der Waals surface area contributed by atoms with Gasteiger partial charge < -0.3 is 10.2 Å². The van der Waals surface area contributed by atoms with Crippen LogP contribution in [0.15, 0.2) is 36.5 Å². The van der Waals surface area contributed by atoms with E-state index in [1.807, 2.05) is 18.2 Å². The fraction of sp³-hybridized carbons (Fsp3) is 0.667. The minimum absolute atomic E-state index is 0.211. The summed E-state index contributed by atoms with van der Waals surface area (Å²) < 4.78 is 0. The lowest BCUT2D eigenvalue weighted by Crippen LogP contribution is -1.99. The van der Waals surface area contributed by atoms with Gasteiger partial charge in [0.25, 0.3) is 0 Å². The maximum absolute atomic E-state index is 10.4. The normalized spacial score (nSPS) is 21.9. The van der Waals surface area contributed by atoms with Crippen molar-refractivity contribution in [3.05, 3.63) is 36.5 Å². The molecule has 0 spiro atoms. The third-order valence-corrected chi connectivity index (χ3v) is 4.44. The highest BCUT2D eigenvalue weighted by atomic mass is 16.4. The predicted octanol–water partition coefficient (Wildman–Crippen LogP) is 5.27. The van der Waals surface area contributed by atoms with Crippen molar-refractivity contribution in [3.63, 3.8) is 0 Å². The third kappa shape index (κ3) is 11.2. The van der Waals surface area contributed by atoms with E-state index in [1.165, 1.54) is 38.5 Å². The standard InChI is InChI=1S/C21H34O3/c1-2-3-4-5-6-9-12-18-17-19(18)15-16-20(22)13-10-7-8-11-14-21(23)24/h6-7,9-10,15-16,18-20,22H,2-5,8,11-14,17H2,1H3,(H,23,24)/b9-6-,10-7-,16-15+/t18?,19?,20-/m1/s1.